The molecule has 0 aliphatic heterocycles. The first-order chi connectivity index (χ1) is 9.88. The lowest BCUT2D eigenvalue weighted by molar-refractivity contribution is 0.0696. The number of rotatable bonds is 4. The average Bonchev–Trinajstić information content (AvgIpc) is 2.40. The molecule has 0 fully saturated rings. The van der Waals surface area contributed by atoms with Crippen molar-refractivity contribution in [2.45, 2.75) is 13.0 Å². The molecule has 1 aromatic heterocycles. The molecule has 5 nitrogen and oxygen atoms in total. The number of nitrogens with zero attached hydrogens (tertiary/aromatic N) is 1. The lowest BCUT2D eigenvalue weighted by atomic mass is 10.1. The maximum atomic E-state index is 10.8. The number of halogens is 2. The van der Waals surface area contributed by atoms with Gasteiger partial charge in [-0.3, -0.25) is 0 Å². The number of carboxylic acids is 1. The van der Waals surface area contributed by atoms with Crippen LogP contribution in [0.2, 0.25) is 10.0 Å². The van der Waals surface area contributed by atoms with Crippen molar-refractivity contribution in [2.24, 2.45) is 0 Å². The van der Waals surface area contributed by atoms with Crippen molar-refractivity contribution in [2.75, 3.05) is 11.1 Å². The van der Waals surface area contributed by atoms with Crippen molar-refractivity contribution in [3.8, 4) is 0 Å². The molecule has 0 aliphatic rings. The zero-order valence-electron chi connectivity index (χ0n) is 11.1. The number of benzene rings is 1. The number of nitrogen functional groups attached to an aromatic ring is 1. The number of aromatic nitrogens is 1. The van der Waals surface area contributed by atoms with Crippen molar-refractivity contribution < 1.29 is 9.90 Å². The second-order valence-corrected chi connectivity index (χ2v) is 5.34. The van der Waals surface area contributed by atoms with Crippen LogP contribution in [-0.2, 0) is 0 Å². The summed E-state index contributed by atoms with van der Waals surface area (Å²) in [6.45, 7) is 1.89. The van der Waals surface area contributed by atoms with E-state index in [0.29, 0.717) is 15.9 Å². The summed E-state index contributed by atoms with van der Waals surface area (Å²) in [5.74, 6) is -0.673. The number of nitrogens with two attached hydrogens (primary N) is 1. The van der Waals surface area contributed by atoms with Crippen molar-refractivity contribution >= 4 is 40.7 Å². The predicted molar refractivity (Wildman–Crippen MR) is 84.1 cm³/mol. The fourth-order valence-electron chi connectivity index (χ4n) is 1.85. The van der Waals surface area contributed by atoms with E-state index in [1.165, 1.54) is 12.3 Å². The third kappa shape index (κ3) is 3.56. The van der Waals surface area contributed by atoms with Crippen LogP contribution in [0.3, 0.4) is 0 Å². The van der Waals surface area contributed by atoms with Crippen LogP contribution < -0.4 is 11.1 Å². The van der Waals surface area contributed by atoms with E-state index in [1.807, 2.05) is 13.0 Å². The summed E-state index contributed by atoms with van der Waals surface area (Å²) in [4.78, 5) is 14.9. The smallest absolute Gasteiger partial charge is 0.337 e. The Balaban J connectivity index is 2.23. The van der Waals surface area contributed by atoms with Gasteiger partial charge in [-0.15, -0.1) is 0 Å². The Morgan fingerprint density at radius 3 is 2.67 bits per heavy atom. The van der Waals surface area contributed by atoms with Crippen LogP contribution in [0.5, 0.6) is 0 Å². The topological polar surface area (TPSA) is 88.2 Å². The normalized spacial score (nSPS) is 12.0. The second kappa shape index (κ2) is 6.20. The number of carbonyl (C=O) groups is 1. The van der Waals surface area contributed by atoms with Crippen LogP contribution in [0.15, 0.2) is 30.5 Å². The highest BCUT2D eigenvalue weighted by molar-refractivity contribution is 6.35. The van der Waals surface area contributed by atoms with Gasteiger partial charge >= 0.3 is 5.97 Å². The lowest BCUT2D eigenvalue weighted by Gasteiger charge is -2.17. The Kier molecular flexibility index (Phi) is 4.55. The maximum Gasteiger partial charge on any atom is 0.337 e. The molecule has 4 N–H and O–H groups in total. The minimum Gasteiger partial charge on any atom is -0.478 e. The van der Waals surface area contributed by atoms with Gasteiger partial charge in [0.25, 0.3) is 0 Å². The van der Waals surface area contributed by atoms with Gasteiger partial charge in [-0.25, -0.2) is 9.78 Å². The Bertz CT molecular complexity index is 692. The first-order valence-electron chi connectivity index (χ1n) is 6.08. The molecule has 0 radical (unpaired) electrons. The summed E-state index contributed by atoms with van der Waals surface area (Å²) in [5.41, 5.74) is 6.94. The largest absolute Gasteiger partial charge is 0.478 e. The van der Waals surface area contributed by atoms with E-state index in [-0.39, 0.29) is 17.3 Å². The Labute approximate surface area is 131 Å². The van der Waals surface area contributed by atoms with E-state index in [0.717, 1.165) is 5.56 Å². The summed E-state index contributed by atoms with van der Waals surface area (Å²) < 4.78 is 0. The zero-order valence-corrected chi connectivity index (χ0v) is 12.6. The number of carboxylic acid groups (broad SMARTS) is 1. The highest BCUT2D eigenvalue weighted by Gasteiger charge is 2.13. The standard InChI is InChI=1S/C14H13Cl2N3O2/c1-7(10-3-2-9(15)5-11(10)16)19-13-12(17)4-8(6-18-13)14(20)21/h2-7H,17H2,1H3,(H,18,19)(H,20,21). The number of hydrogen-bond donors (Lipinski definition) is 3. The van der Waals surface area contributed by atoms with Crippen LogP contribution in [-0.4, -0.2) is 16.1 Å². The van der Waals surface area contributed by atoms with Gasteiger partial charge < -0.3 is 16.2 Å². The molecule has 0 saturated heterocycles. The molecule has 21 heavy (non-hydrogen) atoms. The van der Waals surface area contributed by atoms with Crippen LogP contribution in [0, 0.1) is 0 Å². The van der Waals surface area contributed by atoms with Gasteiger partial charge in [0.05, 0.1) is 17.3 Å². The summed E-state index contributed by atoms with van der Waals surface area (Å²) in [7, 11) is 0. The monoisotopic (exact) mass is 325 g/mol. The summed E-state index contributed by atoms with van der Waals surface area (Å²) >= 11 is 12.0. The Hall–Kier alpha value is -1.98. The molecule has 0 spiro atoms. The minimum absolute atomic E-state index is 0.0372. The lowest BCUT2D eigenvalue weighted by Crippen LogP contribution is -2.11. The van der Waals surface area contributed by atoms with Gasteiger partial charge in [0.15, 0.2) is 0 Å². The third-order valence-electron chi connectivity index (χ3n) is 2.95. The van der Waals surface area contributed by atoms with Crippen LogP contribution in [0.4, 0.5) is 11.5 Å². The van der Waals surface area contributed by atoms with Crippen LogP contribution >= 0.6 is 23.2 Å². The molecule has 0 bridgehead atoms. The summed E-state index contributed by atoms with van der Waals surface area (Å²) in [5, 5.41) is 13.1. The quantitative estimate of drug-likeness (QED) is 0.794. The zero-order chi connectivity index (χ0) is 15.6. The number of pyridine rings is 1. The van der Waals surface area contributed by atoms with Crippen LogP contribution in [0.1, 0.15) is 28.9 Å². The molecule has 1 unspecified atom stereocenters. The molecular formula is C14H13Cl2N3O2. The molecule has 2 aromatic rings. The molecule has 0 aliphatic carbocycles. The molecule has 1 heterocycles. The van der Waals surface area contributed by atoms with Gasteiger partial charge in [-0.1, -0.05) is 29.3 Å². The predicted octanol–water partition coefficient (Wildman–Crippen LogP) is 3.84. The molecular weight excluding hydrogens is 313 g/mol. The highest BCUT2D eigenvalue weighted by Crippen LogP contribution is 2.29. The van der Waals surface area contributed by atoms with Gasteiger partial charge in [0.2, 0.25) is 0 Å². The summed E-state index contributed by atoms with van der Waals surface area (Å²) in [6.07, 6.45) is 1.25. The number of nitrogens with one attached hydrogen (secondary N) is 1. The van der Waals surface area contributed by atoms with Crippen molar-refractivity contribution in [3.63, 3.8) is 0 Å². The fraction of sp³-hybridized carbons (Fsp3) is 0.143. The molecule has 1 aromatic carbocycles. The van der Waals surface area contributed by atoms with Gasteiger partial charge in [-0.05, 0) is 30.7 Å². The fourth-order valence-corrected chi connectivity index (χ4v) is 2.43. The SMILES string of the molecule is CC(Nc1ncc(C(=O)O)cc1N)c1ccc(Cl)cc1Cl. The van der Waals surface area contributed by atoms with Crippen molar-refractivity contribution in [3.05, 3.63) is 51.6 Å². The molecule has 110 valence electrons. The van der Waals surface area contributed by atoms with E-state index in [1.54, 1.807) is 12.1 Å². The van der Waals surface area contributed by atoms with Gasteiger partial charge in [-0.2, -0.15) is 0 Å². The van der Waals surface area contributed by atoms with Crippen molar-refractivity contribution in [1.82, 2.24) is 4.98 Å². The molecule has 2 rings (SSSR count). The van der Waals surface area contributed by atoms with E-state index < -0.39 is 5.97 Å². The molecule has 1 atom stereocenters. The summed E-state index contributed by atoms with van der Waals surface area (Å²) in [6, 6.07) is 6.39. The Morgan fingerprint density at radius 1 is 1.38 bits per heavy atom. The van der Waals surface area contributed by atoms with E-state index in [2.05, 4.69) is 10.3 Å². The van der Waals surface area contributed by atoms with Crippen molar-refractivity contribution in [1.29, 1.82) is 0 Å². The molecule has 7 heteroatoms. The molecule has 0 amide bonds. The number of anilines is 2. The Morgan fingerprint density at radius 2 is 2.10 bits per heavy atom. The first-order valence-corrected chi connectivity index (χ1v) is 6.84. The number of hydrogen-bond acceptors (Lipinski definition) is 4. The minimum atomic E-state index is -1.07. The molecule has 0 saturated carbocycles. The van der Waals surface area contributed by atoms with Gasteiger partial charge in [0, 0.05) is 16.2 Å². The first kappa shape index (κ1) is 15.4. The third-order valence-corrected chi connectivity index (χ3v) is 3.51. The number of aromatic carboxylic acids is 1. The van der Waals surface area contributed by atoms with E-state index >= 15 is 0 Å². The van der Waals surface area contributed by atoms with Gasteiger partial charge in [0.1, 0.15) is 5.82 Å². The van der Waals surface area contributed by atoms with E-state index in [4.69, 9.17) is 34.0 Å². The highest BCUT2D eigenvalue weighted by atomic mass is 35.5. The second-order valence-electron chi connectivity index (χ2n) is 4.50. The van der Waals surface area contributed by atoms with E-state index in [9.17, 15) is 4.79 Å². The maximum absolute atomic E-state index is 10.8. The average molecular weight is 326 g/mol. The van der Waals surface area contributed by atoms with Crippen LogP contribution in [0.25, 0.3) is 0 Å².